The molecule has 0 N–H and O–H groups in total. The van der Waals surface area contributed by atoms with Crippen molar-refractivity contribution in [2.75, 3.05) is 0 Å². The number of thiazole rings is 1. The van der Waals surface area contributed by atoms with E-state index in [2.05, 4.69) is 10.9 Å². The number of hydrogen-bond acceptors (Lipinski definition) is 3. The van der Waals surface area contributed by atoms with E-state index in [4.69, 9.17) is 6.42 Å². The highest BCUT2D eigenvalue weighted by Crippen LogP contribution is 2.22. The molecule has 2 aromatic heterocycles. The summed E-state index contributed by atoms with van der Waals surface area (Å²) in [6.45, 7) is 2.00. The van der Waals surface area contributed by atoms with Crippen molar-refractivity contribution in [3.05, 3.63) is 57.5 Å². The summed E-state index contributed by atoms with van der Waals surface area (Å²) >= 11 is 1.40. The van der Waals surface area contributed by atoms with Gasteiger partial charge < -0.3 is 0 Å². The van der Waals surface area contributed by atoms with Crippen molar-refractivity contribution in [2.45, 2.75) is 13.3 Å². The predicted molar refractivity (Wildman–Crippen MR) is 82.1 cm³/mol. The highest BCUT2D eigenvalue weighted by molar-refractivity contribution is 7.15. The number of hydrogen-bond donors (Lipinski definition) is 0. The molecule has 20 heavy (non-hydrogen) atoms. The van der Waals surface area contributed by atoms with Gasteiger partial charge in [-0.05, 0) is 12.0 Å². The first-order valence-corrected chi connectivity index (χ1v) is 7.19. The van der Waals surface area contributed by atoms with Crippen LogP contribution in [0.4, 0.5) is 0 Å². The molecule has 0 spiro atoms. The fourth-order valence-electron chi connectivity index (χ4n) is 2.25. The van der Waals surface area contributed by atoms with Crippen molar-refractivity contribution in [3.63, 3.8) is 0 Å². The molecule has 0 bridgehead atoms. The van der Waals surface area contributed by atoms with Gasteiger partial charge in [-0.3, -0.25) is 4.79 Å². The minimum atomic E-state index is -0.0905. The fraction of sp³-hybridized carbons (Fsp3) is 0.125. The summed E-state index contributed by atoms with van der Waals surface area (Å²) in [6, 6.07) is 9.60. The second-order valence-corrected chi connectivity index (χ2v) is 5.18. The normalized spacial score (nSPS) is 10.6. The summed E-state index contributed by atoms with van der Waals surface area (Å²) in [5.41, 5.74) is 2.80. The second-order valence-electron chi connectivity index (χ2n) is 4.34. The van der Waals surface area contributed by atoms with E-state index in [1.807, 2.05) is 37.3 Å². The Balaban J connectivity index is 2.44. The Morgan fingerprint density at radius 2 is 2.10 bits per heavy atom. The summed E-state index contributed by atoms with van der Waals surface area (Å²) < 4.78 is 1.52. The van der Waals surface area contributed by atoms with Crippen LogP contribution in [0, 0.1) is 12.3 Å². The lowest BCUT2D eigenvalue weighted by molar-refractivity contribution is 0.982. The maximum Gasteiger partial charge on any atom is 0.267 e. The summed E-state index contributed by atoms with van der Waals surface area (Å²) in [5.74, 6) is 2.54. The number of fused-ring (bicyclic) bond motifs is 1. The zero-order valence-electron chi connectivity index (χ0n) is 11.0. The van der Waals surface area contributed by atoms with E-state index >= 15 is 0 Å². The van der Waals surface area contributed by atoms with Crippen LogP contribution < -0.4 is 5.56 Å². The fourth-order valence-corrected chi connectivity index (χ4v) is 3.09. The SMILES string of the molecule is C#Cc1csc2nc(CC)c(-c3ccccc3)c(=O)n12. The average Bonchev–Trinajstić information content (AvgIpc) is 2.91. The Labute approximate surface area is 120 Å². The van der Waals surface area contributed by atoms with E-state index in [1.165, 1.54) is 15.7 Å². The van der Waals surface area contributed by atoms with Crippen molar-refractivity contribution in [1.82, 2.24) is 9.38 Å². The van der Waals surface area contributed by atoms with E-state index in [0.29, 0.717) is 22.6 Å². The molecule has 2 heterocycles. The highest BCUT2D eigenvalue weighted by Gasteiger charge is 2.15. The molecular formula is C16H12N2OS. The summed E-state index contributed by atoms with van der Waals surface area (Å²) in [5, 5.41) is 1.79. The van der Waals surface area contributed by atoms with Gasteiger partial charge in [-0.25, -0.2) is 9.38 Å². The Hall–Kier alpha value is -2.38. The lowest BCUT2D eigenvalue weighted by Gasteiger charge is -2.07. The molecule has 0 radical (unpaired) electrons. The second kappa shape index (κ2) is 4.95. The van der Waals surface area contributed by atoms with E-state index in [9.17, 15) is 4.79 Å². The van der Waals surface area contributed by atoms with Gasteiger partial charge in [-0.1, -0.05) is 43.2 Å². The smallest absolute Gasteiger partial charge is 0.267 e. The van der Waals surface area contributed by atoms with Crippen molar-refractivity contribution in [2.24, 2.45) is 0 Å². The van der Waals surface area contributed by atoms with Gasteiger partial charge in [0.05, 0.1) is 11.3 Å². The number of aryl methyl sites for hydroxylation is 1. The third kappa shape index (κ3) is 1.84. The van der Waals surface area contributed by atoms with Gasteiger partial charge in [-0.15, -0.1) is 17.8 Å². The van der Waals surface area contributed by atoms with Crippen molar-refractivity contribution >= 4 is 16.3 Å². The van der Waals surface area contributed by atoms with Crippen LogP contribution in [0.2, 0.25) is 0 Å². The Morgan fingerprint density at radius 1 is 1.35 bits per heavy atom. The van der Waals surface area contributed by atoms with Crippen LogP contribution in [0.25, 0.3) is 16.1 Å². The molecule has 0 atom stereocenters. The molecule has 0 fully saturated rings. The average molecular weight is 280 g/mol. The molecular weight excluding hydrogens is 268 g/mol. The molecule has 3 nitrogen and oxygen atoms in total. The van der Waals surface area contributed by atoms with Crippen LogP contribution >= 0.6 is 11.3 Å². The van der Waals surface area contributed by atoms with Gasteiger partial charge in [0.2, 0.25) is 0 Å². The van der Waals surface area contributed by atoms with Crippen LogP contribution in [0.3, 0.4) is 0 Å². The van der Waals surface area contributed by atoms with Gasteiger partial charge in [-0.2, -0.15) is 0 Å². The summed E-state index contributed by atoms with van der Waals surface area (Å²) in [6.07, 6.45) is 6.17. The lowest BCUT2D eigenvalue weighted by Crippen LogP contribution is -2.19. The van der Waals surface area contributed by atoms with Crippen molar-refractivity contribution in [1.29, 1.82) is 0 Å². The van der Waals surface area contributed by atoms with E-state index in [0.717, 1.165) is 11.3 Å². The first-order chi connectivity index (χ1) is 9.76. The lowest BCUT2D eigenvalue weighted by atomic mass is 10.0. The zero-order valence-corrected chi connectivity index (χ0v) is 11.8. The minimum absolute atomic E-state index is 0.0905. The standard InChI is InChI=1S/C16H12N2OS/c1-3-12-10-20-16-17-13(4-2)14(15(19)18(12)16)11-8-6-5-7-9-11/h1,5-10H,4H2,2H3. The predicted octanol–water partition coefficient (Wildman–Crippen LogP) is 2.97. The van der Waals surface area contributed by atoms with Crippen LogP contribution in [0.1, 0.15) is 18.3 Å². The highest BCUT2D eigenvalue weighted by atomic mass is 32.1. The van der Waals surface area contributed by atoms with Gasteiger partial charge in [0.1, 0.15) is 5.69 Å². The zero-order chi connectivity index (χ0) is 14.1. The maximum absolute atomic E-state index is 12.8. The van der Waals surface area contributed by atoms with Crippen molar-refractivity contribution < 1.29 is 0 Å². The summed E-state index contributed by atoms with van der Waals surface area (Å²) in [7, 11) is 0. The maximum atomic E-state index is 12.8. The third-order valence-corrected chi connectivity index (χ3v) is 4.02. The van der Waals surface area contributed by atoms with Gasteiger partial charge >= 0.3 is 0 Å². The number of benzene rings is 1. The molecule has 0 saturated heterocycles. The number of aromatic nitrogens is 2. The van der Waals surface area contributed by atoms with Crippen LogP contribution in [0.5, 0.6) is 0 Å². The molecule has 0 aliphatic rings. The molecule has 0 amide bonds. The monoisotopic (exact) mass is 280 g/mol. The van der Waals surface area contributed by atoms with Gasteiger partial charge in [0.15, 0.2) is 4.96 Å². The topological polar surface area (TPSA) is 34.4 Å². The van der Waals surface area contributed by atoms with Crippen LogP contribution in [0.15, 0.2) is 40.5 Å². The Morgan fingerprint density at radius 3 is 2.75 bits per heavy atom. The molecule has 1 aromatic carbocycles. The van der Waals surface area contributed by atoms with Crippen LogP contribution in [-0.2, 0) is 6.42 Å². The Bertz CT molecular complexity index is 869. The molecule has 0 saturated carbocycles. The van der Waals surface area contributed by atoms with Crippen LogP contribution in [-0.4, -0.2) is 9.38 Å². The first-order valence-electron chi connectivity index (χ1n) is 6.31. The molecule has 0 aliphatic carbocycles. The Kier molecular flexibility index (Phi) is 3.13. The number of rotatable bonds is 2. The minimum Gasteiger partial charge on any atom is -0.268 e. The van der Waals surface area contributed by atoms with Gasteiger partial charge in [0.25, 0.3) is 5.56 Å². The van der Waals surface area contributed by atoms with E-state index in [-0.39, 0.29) is 5.56 Å². The van der Waals surface area contributed by atoms with E-state index in [1.54, 1.807) is 5.38 Å². The third-order valence-electron chi connectivity index (χ3n) is 3.19. The molecule has 3 aromatic rings. The molecule has 98 valence electrons. The van der Waals surface area contributed by atoms with Gasteiger partial charge in [0, 0.05) is 5.38 Å². The molecule has 4 heteroatoms. The number of nitrogens with zero attached hydrogens (tertiary/aromatic N) is 2. The number of terminal acetylenes is 1. The first kappa shape index (κ1) is 12.6. The largest absolute Gasteiger partial charge is 0.268 e. The molecule has 3 rings (SSSR count). The quantitative estimate of drug-likeness (QED) is 0.676. The van der Waals surface area contributed by atoms with E-state index < -0.39 is 0 Å². The summed E-state index contributed by atoms with van der Waals surface area (Å²) in [4.78, 5) is 18.0. The molecule has 0 aliphatic heterocycles. The van der Waals surface area contributed by atoms with Crippen molar-refractivity contribution in [3.8, 4) is 23.5 Å². The molecule has 0 unspecified atom stereocenters.